The molecule has 168 valence electrons. The predicted octanol–water partition coefficient (Wildman–Crippen LogP) is 3.49. The molecule has 9 heteroatoms. The van der Waals surface area contributed by atoms with Crippen LogP contribution in [0.1, 0.15) is 21.5 Å². The summed E-state index contributed by atoms with van der Waals surface area (Å²) < 4.78 is 22.6. The Bertz CT molecular complexity index is 1330. The van der Waals surface area contributed by atoms with E-state index in [-0.39, 0.29) is 10.8 Å². The van der Waals surface area contributed by atoms with Gasteiger partial charge in [0.25, 0.3) is 5.91 Å². The Morgan fingerprint density at radius 1 is 1.03 bits per heavy atom. The Balaban J connectivity index is 1.38. The van der Waals surface area contributed by atoms with Crippen LogP contribution < -0.4 is 20.7 Å². The molecule has 7 nitrogen and oxygen atoms in total. The fraction of sp³-hybridized carbons (Fsp3) is 0.0833. The summed E-state index contributed by atoms with van der Waals surface area (Å²) in [7, 11) is -3.71. The number of hydrogen-bond donors (Lipinski definition) is 3. The maximum Gasteiger partial charge on any atom is 0.251 e. The molecule has 4 N–H and O–H groups in total. The van der Waals surface area contributed by atoms with E-state index in [1.165, 1.54) is 12.1 Å². The maximum atomic E-state index is 12.5. The van der Waals surface area contributed by atoms with Gasteiger partial charge in [-0.3, -0.25) is 9.69 Å². The zero-order valence-electron chi connectivity index (χ0n) is 17.6. The van der Waals surface area contributed by atoms with Crippen LogP contribution >= 0.6 is 12.2 Å². The van der Waals surface area contributed by atoms with Crippen LogP contribution in [0.5, 0.6) is 0 Å². The molecule has 4 rings (SSSR count). The van der Waals surface area contributed by atoms with E-state index in [2.05, 4.69) is 17.2 Å². The van der Waals surface area contributed by atoms with E-state index in [0.29, 0.717) is 23.6 Å². The molecule has 1 aliphatic heterocycles. The monoisotopic (exact) mass is 478 g/mol. The number of carbonyl (C=O) groups is 1. The predicted molar refractivity (Wildman–Crippen MR) is 134 cm³/mol. The molecular formula is C24H22N4O3S2. The van der Waals surface area contributed by atoms with Crippen molar-refractivity contribution in [3.8, 4) is 0 Å². The van der Waals surface area contributed by atoms with Crippen LogP contribution in [0.2, 0.25) is 0 Å². The number of nitrogens with two attached hydrogens (primary N) is 1. The zero-order valence-corrected chi connectivity index (χ0v) is 19.2. The SMILES string of the molecule is C=C1c2ccccc2NC(=S)N1c1ccc(C(=O)NCCc2ccc(S(N)(=O)=O)cc2)cc1. The van der Waals surface area contributed by atoms with Gasteiger partial charge >= 0.3 is 0 Å². The van der Waals surface area contributed by atoms with Crippen LogP contribution in [-0.4, -0.2) is 26.0 Å². The molecule has 3 aromatic carbocycles. The molecule has 0 radical (unpaired) electrons. The number of nitrogens with one attached hydrogen (secondary N) is 2. The summed E-state index contributed by atoms with van der Waals surface area (Å²) in [5.41, 5.74) is 4.86. The lowest BCUT2D eigenvalue weighted by Gasteiger charge is -2.33. The minimum Gasteiger partial charge on any atom is -0.352 e. The third kappa shape index (κ3) is 4.95. The lowest BCUT2D eigenvalue weighted by molar-refractivity contribution is 0.0954. The third-order valence-electron chi connectivity index (χ3n) is 5.29. The van der Waals surface area contributed by atoms with E-state index < -0.39 is 10.0 Å². The molecule has 0 saturated heterocycles. The molecule has 0 spiro atoms. The summed E-state index contributed by atoms with van der Waals surface area (Å²) in [6, 6.07) is 21.2. The highest BCUT2D eigenvalue weighted by Gasteiger charge is 2.24. The molecule has 33 heavy (non-hydrogen) atoms. The topological polar surface area (TPSA) is 105 Å². The molecular weight excluding hydrogens is 456 g/mol. The van der Waals surface area contributed by atoms with Gasteiger partial charge in [-0.05, 0) is 66.7 Å². The van der Waals surface area contributed by atoms with E-state index in [1.54, 1.807) is 24.3 Å². The number of para-hydroxylation sites is 1. The maximum absolute atomic E-state index is 12.5. The van der Waals surface area contributed by atoms with Crippen molar-refractivity contribution in [1.82, 2.24) is 5.32 Å². The Kier molecular flexibility index (Phi) is 6.28. The first-order valence-corrected chi connectivity index (χ1v) is 12.1. The van der Waals surface area contributed by atoms with Gasteiger partial charge in [0.1, 0.15) is 0 Å². The van der Waals surface area contributed by atoms with Gasteiger partial charge in [0, 0.05) is 29.0 Å². The molecule has 3 aromatic rings. The van der Waals surface area contributed by atoms with Crippen molar-refractivity contribution in [1.29, 1.82) is 0 Å². The second kappa shape index (κ2) is 9.14. The van der Waals surface area contributed by atoms with E-state index in [0.717, 1.165) is 28.2 Å². The van der Waals surface area contributed by atoms with Crippen molar-refractivity contribution < 1.29 is 13.2 Å². The van der Waals surface area contributed by atoms with Gasteiger partial charge in [-0.2, -0.15) is 0 Å². The number of carbonyl (C=O) groups excluding carboxylic acids is 1. The molecule has 0 unspecified atom stereocenters. The van der Waals surface area contributed by atoms with Crippen molar-refractivity contribution in [3.63, 3.8) is 0 Å². The number of rotatable bonds is 6. The second-order valence-electron chi connectivity index (χ2n) is 7.50. The fourth-order valence-electron chi connectivity index (χ4n) is 3.56. The Morgan fingerprint density at radius 2 is 1.70 bits per heavy atom. The first-order valence-electron chi connectivity index (χ1n) is 10.1. The average Bonchev–Trinajstić information content (AvgIpc) is 2.79. The van der Waals surface area contributed by atoms with Gasteiger partial charge < -0.3 is 10.6 Å². The molecule has 0 saturated carbocycles. The highest BCUT2D eigenvalue weighted by molar-refractivity contribution is 7.89. The number of fused-ring (bicyclic) bond motifs is 1. The first kappa shape index (κ1) is 22.7. The molecule has 0 fully saturated rings. The van der Waals surface area contributed by atoms with Gasteiger partial charge in [0.05, 0.1) is 10.6 Å². The molecule has 1 heterocycles. The molecule has 1 aliphatic rings. The number of primary sulfonamides is 1. The lowest BCUT2D eigenvalue weighted by Crippen LogP contribution is -2.37. The molecule has 0 aliphatic carbocycles. The van der Waals surface area contributed by atoms with Crippen molar-refractivity contribution in [2.24, 2.45) is 5.14 Å². The normalized spacial score (nSPS) is 13.3. The Morgan fingerprint density at radius 3 is 2.36 bits per heavy atom. The number of sulfonamides is 1. The van der Waals surface area contributed by atoms with Gasteiger partial charge in [0.15, 0.2) is 5.11 Å². The molecule has 0 atom stereocenters. The molecule has 0 aromatic heterocycles. The van der Waals surface area contributed by atoms with Crippen molar-refractivity contribution in [2.75, 3.05) is 16.8 Å². The van der Waals surface area contributed by atoms with Crippen molar-refractivity contribution in [3.05, 3.63) is 96.1 Å². The lowest BCUT2D eigenvalue weighted by atomic mass is 10.1. The van der Waals surface area contributed by atoms with E-state index in [4.69, 9.17) is 17.4 Å². The van der Waals surface area contributed by atoms with Crippen LogP contribution in [0.15, 0.2) is 84.3 Å². The minimum atomic E-state index is -3.71. The highest BCUT2D eigenvalue weighted by Crippen LogP contribution is 2.34. The minimum absolute atomic E-state index is 0.0601. The summed E-state index contributed by atoms with van der Waals surface area (Å²) in [6.07, 6.45) is 0.557. The number of amides is 1. The van der Waals surface area contributed by atoms with Crippen LogP contribution in [0.3, 0.4) is 0 Å². The van der Waals surface area contributed by atoms with Crippen LogP contribution in [-0.2, 0) is 16.4 Å². The third-order valence-corrected chi connectivity index (χ3v) is 6.51. The summed E-state index contributed by atoms with van der Waals surface area (Å²) in [5.74, 6) is -0.203. The van der Waals surface area contributed by atoms with E-state index in [1.807, 2.05) is 41.3 Å². The number of hydrogen-bond acceptors (Lipinski definition) is 4. The largest absolute Gasteiger partial charge is 0.352 e. The Labute approximate surface area is 198 Å². The second-order valence-corrected chi connectivity index (χ2v) is 9.45. The summed E-state index contributed by atoms with van der Waals surface area (Å²) in [4.78, 5) is 14.4. The van der Waals surface area contributed by atoms with E-state index in [9.17, 15) is 13.2 Å². The number of anilines is 2. The van der Waals surface area contributed by atoms with Crippen LogP contribution in [0, 0.1) is 0 Å². The average molecular weight is 479 g/mol. The quantitative estimate of drug-likeness (QED) is 0.469. The standard InChI is InChI=1S/C24H22N4O3S2/c1-16-21-4-2-3-5-22(21)27-24(32)28(16)19-10-8-18(9-11-19)23(29)26-15-14-17-6-12-20(13-7-17)33(25,30)31/h2-13H,1,14-15H2,(H,26,29)(H,27,32)(H2,25,30,31). The fourth-order valence-corrected chi connectivity index (χ4v) is 4.40. The van der Waals surface area contributed by atoms with Crippen LogP contribution in [0.4, 0.5) is 11.4 Å². The molecule has 0 bridgehead atoms. The first-order chi connectivity index (χ1) is 15.7. The summed E-state index contributed by atoms with van der Waals surface area (Å²) in [5, 5.41) is 11.7. The summed E-state index contributed by atoms with van der Waals surface area (Å²) >= 11 is 5.51. The van der Waals surface area contributed by atoms with Gasteiger partial charge in [-0.15, -0.1) is 0 Å². The number of benzene rings is 3. The number of nitrogens with zero attached hydrogens (tertiary/aromatic N) is 1. The van der Waals surface area contributed by atoms with E-state index >= 15 is 0 Å². The van der Waals surface area contributed by atoms with Gasteiger partial charge in [-0.25, -0.2) is 13.6 Å². The Hall–Kier alpha value is -3.53. The van der Waals surface area contributed by atoms with Gasteiger partial charge in [-0.1, -0.05) is 36.9 Å². The zero-order chi connectivity index (χ0) is 23.6. The van der Waals surface area contributed by atoms with Crippen molar-refractivity contribution in [2.45, 2.75) is 11.3 Å². The summed E-state index contributed by atoms with van der Waals surface area (Å²) in [6.45, 7) is 4.59. The van der Waals surface area contributed by atoms with Gasteiger partial charge in [0.2, 0.25) is 10.0 Å². The van der Waals surface area contributed by atoms with Crippen molar-refractivity contribution >= 4 is 50.3 Å². The highest BCUT2D eigenvalue weighted by atomic mass is 32.2. The molecule has 1 amide bonds. The number of thiocarbonyl (C=S) groups is 1. The smallest absolute Gasteiger partial charge is 0.251 e. The van der Waals surface area contributed by atoms with Crippen LogP contribution in [0.25, 0.3) is 5.70 Å².